The molecule has 0 saturated carbocycles. The van der Waals surface area contributed by atoms with E-state index >= 15 is 0 Å². The van der Waals surface area contributed by atoms with Gasteiger partial charge < -0.3 is 20.5 Å². The first-order chi connectivity index (χ1) is 16.3. The van der Waals surface area contributed by atoms with Crippen molar-refractivity contribution in [1.29, 1.82) is 0 Å². The highest BCUT2D eigenvalue weighted by Gasteiger charge is 2.70. The molecule has 0 aromatic heterocycles. The fraction of sp³-hybridized carbons (Fsp3) is 0.333. The second-order valence-corrected chi connectivity index (χ2v) is 8.62. The third kappa shape index (κ3) is 2.91. The SMILES string of the molecule is COc1ccc(OC)c(N2C(=O)[C@H]3[C@H](CCC(N)=O)N[C@]4(C(=O)Nc5ccccc54)[C@@H]3C2=O)c1. The molecule has 0 radical (unpaired) electrons. The lowest BCUT2D eigenvalue weighted by molar-refractivity contribution is -0.130. The van der Waals surface area contributed by atoms with Crippen LogP contribution in [0.3, 0.4) is 0 Å². The van der Waals surface area contributed by atoms with Crippen LogP contribution in [0.1, 0.15) is 18.4 Å². The molecule has 0 aliphatic carbocycles. The zero-order valence-electron chi connectivity index (χ0n) is 18.7. The molecule has 5 rings (SSSR count). The average molecular weight is 464 g/mol. The van der Waals surface area contributed by atoms with Crippen molar-refractivity contribution in [2.45, 2.75) is 24.4 Å². The Morgan fingerprint density at radius 3 is 2.56 bits per heavy atom. The van der Waals surface area contributed by atoms with Gasteiger partial charge in [-0.2, -0.15) is 0 Å². The average Bonchev–Trinajstić information content (AvgIpc) is 3.41. The van der Waals surface area contributed by atoms with E-state index in [1.807, 2.05) is 0 Å². The molecular weight excluding hydrogens is 440 g/mol. The molecular formula is C24H24N4O6. The van der Waals surface area contributed by atoms with Gasteiger partial charge in [0.2, 0.25) is 23.6 Å². The van der Waals surface area contributed by atoms with Gasteiger partial charge in [0.1, 0.15) is 17.0 Å². The zero-order valence-corrected chi connectivity index (χ0v) is 18.7. The number of nitrogens with zero attached hydrogens (tertiary/aromatic N) is 1. The number of ether oxygens (including phenoxy) is 2. The number of nitrogens with two attached hydrogens (primary N) is 1. The van der Waals surface area contributed by atoms with Crippen molar-refractivity contribution in [2.24, 2.45) is 17.6 Å². The molecule has 176 valence electrons. The molecule has 3 heterocycles. The summed E-state index contributed by atoms with van der Waals surface area (Å²) < 4.78 is 10.7. The van der Waals surface area contributed by atoms with Crippen molar-refractivity contribution in [2.75, 3.05) is 24.4 Å². The van der Waals surface area contributed by atoms with Crippen LogP contribution in [-0.2, 0) is 24.7 Å². The predicted octanol–water partition coefficient (Wildman–Crippen LogP) is 0.894. The number of fused-ring (bicyclic) bond motifs is 4. The molecule has 10 heteroatoms. The number of anilines is 2. The summed E-state index contributed by atoms with van der Waals surface area (Å²) in [4.78, 5) is 53.8. The van der Waals surface area contributed by atoms with E-state index in [1.54, 1.807) is 42.5 Å². The van der Waals surface area contributed by atoms with Crippen LogP contribution in [0.2, 0.25) is 0 Å². The largest absolute Gasteiger partial charge is 0.497 e. The predicted molar refractivity (Wildman–Crippen MR) is 121 cm³/mol. The van der Waals surface area contributed by atoms with Crippen LogP contribution in [0.15, 0.2) is 42.5 Å². The summed E-state index contributed by atoms with van der Waals surface area (Å²) >= 11 is 0. The zero-order chi connectivity index (χ0) is 24.2. The van der Waals surface area contributed by atoms with E-state index in [-0.39, 0.29) is 18.5 Å². The number of primary amides is 1. The molecule has 4 atom stereocenters. The van der Waals surface area contributed by atoms with Crippen LogP contribution in [0.25, 0.3) is 0 Å². The minimum Gasteiger partial charge on any atom is -0.497 e. The smallest absolute Gasteiger partial charge is 0.250 e. The number of hydrogen-bond donors (Lipinski definition) is 3. The fourth-order valence-electron chi connectivity index (χ4n) is 5.51. The Morgan fingerprint density at radius 1 is 1.09 bits per heavy atom. The van der Waals surface area contributed by atoms with E-state index in [9.17, 15) is 19.2 Å². The highest BCUT2D eigenvalue weighted by molar-refractivity contribution is 6.26. The second kappa shape index (κ2) is 7.84. The molecule has 2 aromatic rings. The van der Waals surface area contributed by atoms with Gasteiger partial charge in [-0.25, -0.2) is 4.90 Å². The van der Waals surface area contributed by atoms with Gasteiger partial charge in [0.05, 0.1) is 31.7 Å². The van der Waals surface area contributed by atoms with Gasteiger partial charge in [0.25, 0.3) is 0 Å². The Bertz CT molecular complexity index is 1230. The molecule has 4 amide bonds. The van der Waals surface area contributed by atoms with E-state index in [0.29, 0.717) is 22.7 Å². The van der Waals surface area contributed by atoms with Gasteiger partial charge in [-0.15, -0.1) is 0 Å². The van der Waals surface area contributed by atoms with E-state index in [4.69, 9.17) is 15.2 Å². The van der Waals surface area contributed by atoms with Gasteiger partial charge in [0, 0.05) is 29.8 Å². The minimum absolute atomic E-state index is 0.00415. The standard InChI is InChI=1S/C24H24N4O6/c1-33-12-7-9-17(34-2)16(11-12)28-21(30)19-15(8-10-18(25)29)27-24(20(19)22(28)31)13-5-3-4-6-14(13)26-23(24)32/h3-7,9,11,15,19-20,27H,8,10H2,1-2H3,(H2,25,29)(H,26,32)/t15-,19-,20-,24-/m0/s1. The second-order valence-electron chi connectivity index (χ2n) is 8.62. The number of nitrogens with one attached hydrogen (secondary N) is 2. The van der Waals surface area contributed by atoms with Crippen LogP contribution in [0, 0.1) is 11.8 Å². The Morgan fingerprint density at radius 2 is 1.85 bits per heavy atom. The third-order valence-electron chi connectivity index (χ3n) is 6.95. The highest BCUT2D eigenvalue weighted by atomic mass is 16.5. The van der Waals surface area contributed by atoms with Crippen molar-refractivity contribution in [3.05, 3.63) is 48.0 Å². The molecule has 34 heavy (non-hydrogen) atoms. The maximum Gasteiger partial charge on any atom is 0.250 e. The lowest BCUT2D eigenvalue weighted by Crippen LogP contribution is -2.53. The highest BCUT2D eigenvalue weighted by Crippen LogP contribution is 2.54. The number of rotatable bonds is 6. The first-order valence-corrected chi connectivity index (χ1v) is 10.9. The molecule has 0 unspecified atom stereocenters. The lowest BCUT2D eigenvalue weighted by Gasteiger charge is -2.29. The number of imide groups is 1. The van der Waals surface area contributed by atoms with Crippen LogP contribution in [0.5, 0.6) is 11.5 Å². The monoisotopic (exact) mass is 464 g/mol. The van der Waals surface area contributed by atoms with E-state index in [1.165, 1.54) is 14.2 Å². The molecule has 10 nitrogen and oxygen atoms in total. The first-order valence-electron chi connectivity index (χ1n) is 10.9. The number of methoxy groups -OCH3 is 2. The number of benzene rings is 2. The quantitative estimate of drug-likeness (QED) is 0.540. The lowest BCUT2D eigenvalue weighted by atomic mass is 9.76. The summed E-state index contributed by atoms with van der Waals surface area (Å²) in [6, 6.07) is 11.3. The van der Waals surface area contributed by atoms with Crippen molar-refractivity contribution in [1.82, 2.24) is 5.32 Å². The van der Waals surface area contributed by atoms with Crippen molar-refractivity contribution < 1.29 is 28.7 Å². The Balaban J connectivity index is 1.66. The third-order valence-corrected chi connectivity index (χ3v) is 6.95. The molecule has 4 N–H and O–H groups in total. The maximum absolute atomic E-state index is 14.0. The summed E-state index contributed by atoms with van der Waals surface area (Å²) in [5, 5.41) is 6.11. The summed E-state index contributed by atoms with van der Waals surface area (Å²) in [5.74, 6) is -3.08. The number of hydrogen-bond acceptors (Lipinski definition) is 7. The molecule has 2 fully saturated rings. The minimum atomic E-state index is -1.45. The normalized spacial score (nSPS) is 27.1. The van der Waals surface area contributed by atoms with Gasteiger partial charge in [-0.3, -0.25) is 24.5 Å². The van der Waals surface area contributed by atoms with Gasteiger partial charge in [-0.1, -0.05) is 18.2 Å². The molecule has 2 saturated heterocycles. The number of amides is 4. The fourth-order valence-corrected chi connectivity index (χ4v) is 5.51. The van der Waals surface area contributed by atoms with E-state index < -0.39 is 47.0 Å². The Hall–Kier alpha value is -3.92. The summed E-state index contributed by atoms with van der Waals surface area (Å²) in [6.07, 6.45) is 0.208. The van der Waals surface area contributed by atoms with Crippen molar-refractivity contribution in [3.8, 4) is 11.5 Å². The Labute approximate surface area is 195 Å². The van der Waals surface area contributed by atoms with Gasteiger partial charge >= 0.3 is 0 Å². The molecule has 2 aromatic carbocycles. The molecule has 1 spiro atoms. The number of carbonyl (C=O) groups excluding carboxylic acids is 4. The van der Waals surface area contributed by atoms with Crippen LogP contribution >= 0.6 is 0 Å². The van der Waals surface area contributed by atoms with Crippen LogP contribution in [0.4, 0.5) is 11.4 Å². The maximum atomic E-state index is 14.0. The summed E-state index contributed by atoms with van der Waals surface area (Å²) in [7, 11) is 2.92. The molecule has 0 bridgehead atoms. The molecule has 3 aliphatic heterocycles. The van der Waals surface area contributed by atoms with Crippen molar-refractivity contribution >= 4 is 35.0 Å². The van der Waals surface area contributed by atoms with Crippen LogP contribution in [-0.4, -0.2) is 43.9 Å². The number of carbonyl (C=O) groups is 4. The first kappa shape index (κ1) is 21.9. The van der Waals surface area contributed by atoms with Gasteiger partial charge in [-0.05, 0) is 24.6 Å². The van der Waals surface area contributed by atoms with Crippen LogP contribution < -0.4 is 30.7 Å². The molecule has 3 aliphatic rings. The topological polar surface area (TPSA) is 140 Å². The Kier molecular flexibility index (Phi) is 5.05. The summed E-state index contributed by atoms with van der Waals surface area (Å²) in [5.41, 5.74) is 5.33. The van der Waals surface area contributed by atoms with E-state index in [0.717, 1.165) is 4.90 Å². The van der Waals surface area contributed by atoms with Gasteiger partial charge in [0.15, 0.2) is 0 Å². The van der Waals surface area contributed by atoms with Crippen molar-refractivity contribution in [3.63, 3.8) is 0 Å². The number of para-hydroxylation sites is 1. The van der Waals surface area contributed by atoms with E-state index in [2.05, 4.69) is 10.6 Å². The summed E-state index contributed by atoms with van der Waals surface area (Å²) in [6.45, 7) is 0.